The summed E-state index contributed by atoms with van der Waals surface area (Å²) >= 11 is 0. The van der Waals surface area contributed by atoms with Crippen LogP contribution in [0.5, 0.6) is 0 Å². The number of benzene rings is 1. The van der Waals surface area contributed by atoms with Gasteiger partial charge in [0.05, 0.1) is 4.92 Å². The van der Waals surface area contributed by atoms with E-state index >= 15 is 0 Å². The largest absolute Gasteiger partial charge is 0.368 e. The van der Waals surface area contributed by atoms with Crippen molar-refractivity contribution in [3.05, 3.63) is 58.4 Å². The number of anilines is 1. The molecule has 20 heavy (non-hydrogen) atoms. The van der Waals surface area contributed by atoms with Crippen LogP contribution in [0.1, 0.15) is 11.6 Å². The smallest absolute Gasteiger partial charge is 0.305 e. The normalized spacial score (nSPS) is 11.6. The van der Waals surface area contributed by atoms with Gasteiger partial charge in [-0.2, -0.15) is 0 Å². The molecular formula is C12H11N5O3. The summed E-state index contributed by atoms with van der Waals surface area (Å²) in [5.74, 6) is -0.513. The van der Waals surface area contributed by atoms with E-state index in [1.54, 1.807) is 24.3 Å². The van der Waals surface area contributed by atoms with Crippen LogP contribution in [0, 0.1) is 10.1 Å². The Morgan fingerprint density at radius 2 is 1.85 bits per heavy atom. The summed E-state index contributed by atoms with van der Waals surface area (Å²) in [6.07, 6.45) is 2.11. The van der Waals surface area contributed by atoms with Crippen molar-refractivity contribution >= 4 is 17.5 Å². The van der Waals surface area contributed by atoms with Crippen LogP contribution in [0.15, 0.2) is 42.7 Å². The van der Waals surface area contributed by atoms with Crippen molar-refractivity contribution in [1.82, 2.24) is 9.97 Å². The highest BCUT2D eigenvalue weighted by Gasteiger charge is 2.18. The van der Waals surface area contributed by atoms with E-state index < -0.39 is 16.9 Å². The number of amides is 1. The van der Waals surface area contributed by atoms with Crippen LogP contribution >= 0.6 is 0 Å². The van der Waals surface area contributed by atoms with Crippen LogP contribution in [-0.2, 0) is 4.79 Å². The molecule has 1 aromatic carbocycles. The van der Waals surface area contributed by atoms with Gasteiger partial charge in [0, 0.05) is 0 Å². The van der Waals surface area contributed by atoms with Gasteiger partial charge < -0.3 is 11.1 Å². The minimum absolute atomic E-state index is 0.0863. The fourth-order valence-corrected chi connectivity index (χ4v) is 1.58. The van der Waals surface area contributed by atoms with Gasteiger partial charge in [0.25, 0.3) is 0 Å². The topological polar surface area (TPSA) is 124 Å². The Morgan fingerprint density at radius 3 is 2.35 bits per heavy atom. The molecule has 0 aliphatic carbocycles. The van der Waals surface area contributed by atoms with Crippen LogP contribution in [0.3, 0.4) is 0 Å². The quantitative estimate of drug-likeness (QED) is 0.619. The maximum atomic E-state index is 11.5. The Hall–Kier alpha value is -3.03. The zero-order valence-electron chi connectivity index (χ0n) is 10.3. The average Bonchev–Trinajstić information content (AvgIpc) is 2.46. The van der Waals surface area contributed by atoms with Gasteiger partial charge in [-0.25, -0.2) is 9.97 Å². The first kappa shape index (κ1) is 13.4. The summed E-state index contributed by atoms with van der Waals surface area (Å²) in [6, 6.07) is 8.00. The van der Waals surface area contributed by atoms with Crippen molar-refractivity contribution in [2.24, 2.45) is 5.73 Å². The van der Waals surface area contributed by atoms with Gasteiger partial charge in [0.1, 0.15) is 18.4 Å². The zero-order valence-corrected chi connectivity index (χ0v) is 10.3. The third-order valence-electron chi connectivity index (χ3n) is 2.54. The second-order valence-corrected chi connectivity index (χ2v) is 3.91. The molecule has 1 amide bonds. The Bertz CT molecular complexity index is 615. The fraction of sp³-hybridized carbons (Fsp3) is 0.0833. The SMILES string of the molecule is NC(=O)C(Nc1ncc([N+](=O)[O-])cn1)c1ccccc1. The molecule has 2 rings (SSSR count). The molecular weight excluding hydrogens is 262 g/mol. The molecule has 1 heterocycles. The van der Waals surface area contributed by atoms with Gasteiger partial charge in [-0.15, -0.1) is 0 Å². The molecule has 0 bridgehead atoms. The molecule has 0 aliphatic rings. The number of aromatic nitrogens is 2. The number of hydrogen-bond acceptors (Lipinski definition) is 6. The molecule has 0 spiro atoms. The van der Waals surface area contributed by atoms with Crippen LogP contribution in [0.2, 0.25) is 0 Å². The molecule has 0 saturated heterocycles. The summed E-state index contributed by atoms with van der Waals surface area (Å²) in [6.45, 7) is 0. The minimum Gasteiger partial charge on any atom is -0.368 e. The van der Waals surface area contributed by atoms with Crippen molar-refractivity contribution in [2.45, 2.75) is 6.04 Å². The highest BCUT2D eigenvalue weighted by molar-refractivity contribution is 5.83. The first-order valence-corrected chi connectivity index (χ1v) is 5.65. The Morgan fingerprint density at radius 1 is 1.25 bits per heavy atom. The molecule has 2 aromatic rings. The van der Waals surface area contributed by atoms with Crippen LogP contribution in [0.25, 0.3) is 0 Å². The lowest BCUT2D eigenvalue weighted by Gasteiger charge is -2.15. The number of nitro groups is 1. The Kier molecular flexibility index (Phi) is 3.85. The van der Waals surface area contributed by atoms with E-state index in [9.17, 15) is 14.9 Å². The maximum Gasteiger partial charge on any atom is 0.305 e. The van der Waals surface area contributed by atoms with E-state index in [1.165, 1.54) is 0 Å². The number of nitrogens with two attached hydrogens (primary N) is 1. The monoisotopic (exact) mass is 273 g/mol. The fourth-order valence-electron chi connectivity index (χ4n) is 1.58. The van der Waals surface area contributed by atoms with Crippen molar-refractivity contribution in [1.29, 1.82) is 0 Å². The maximum absolute atomic E-state index is 11.5. The lowest BCUT2D eigenvalue weighted by atomic mass is 10.1. The number of primary amides is 1. The highest BCUT2D eigenvalue weighted by atomic mass is 16.6. The van der Waals surface area contributed by atoms with E-state index in [2.05, 4.69) is 15.3 Å². The molecule has 3 N–H and O–H groups in total. The van der Waals surface area contributed by atoms with E-state index in [1.807, 2.05) is 6.07 Å². The minimum atomic E-state index is -0.808. The Labute approximate surface area is 113 Å². The predicted octanol–water partition coefficient (Wildman–Crippen LogP) is 1.02. The number of carbonyl (C=O) groups is 1. The first-order chi connectivity index (χ1) is 9.58. The second kappa shape index (κ2) is 5.74. The van der Waals surface area contributed by atoms with E-state index in [0.29, 0.717) is 5.56 Å². The van der Waals surface area contributed by atoms with Gasteiger partial charge in [0.15, 0.2) is 0 Å². The van der Waals surface area contributed by atoms with E-state index in [0.717, 1.165) is 12.4 Å². The molecule has 0 aliphatic heterocycles. The van der Waals surface area contributed by atoms with E-state index in [-0.39, 0.29) is 11.6 Å². The van der Waals surface area contributed by atoms with Crippen molar-refractivity contribution < 1.29 is 9.72 Å². The summed E-state index contributed by atoms with van der Waals surface area (Å²) in [5, 5.41) is 13.2. The lowest BCUT2D eigenvalue weighted by Crippen LogP contribution is -2.28. The standard InChI is InChI=1S/C12H11N5O3/c13-11(18)10(8-4-2-1-3-5-8)16-12-14-6-9(7-15-12)17(19)20/h1-7,10H,(H2,13,18)(H,14,15,16). The molecule has 1 unspecified atom stereocenters. The van der Waals surface area contributed by atoms with Gasteiger partial charge in [-0.05, 0) is 5.56 Å². The molecule has 8 nitrogen and oxygen atoms in total. The third-order valence-corrected chi connectivity index (χ3v) is 2.54. The molecule has 0 radical (unpaired) electrons. The zero-order chi connectivity index (χ0) is 14.5. The third kappa shape index (κ3) is 3.05. The number of nitrogens with zero attached hydrogens (tertiary/aromatic N) is 3. The Balaban J connectivity index is 2.21. The summed E-state index contributed by atoms with van der Waals surface area (Å²) in [5.41, 5.74) is 5.75. The van der Waals surface area contributed by atoms with Crippen molar-refractivity contribution in [2.75, 3.05) is 5.32 Å². The molecule has 1 atom stereocenters. The van der Waals surface area contributed by atoms with Crippen LogP contribution < -0.4 is 11.1 Å². The van der Waals surface area contributed by atoms with Crippen LogP contribution in [-0.4, -0.2) is 20.8 Å². The van der Waals surface area contributed by atoms with Crippen molar-refractivity contribution in [3.8, 4) is 0 Å². The first-order valence-electron chi connectivity index (χ1n) is 5.65. The summed E-state index contributed by atoms with van der Waals surface area (Å²) < 4.78 is 0. The highest BCUT2D eigenvalue weighted by Crippen LogP contribution is 2.17. The summed E-state index contributed by atoms with van der Waals surface area (Å²) in [4.78, 5) is 28.9. The molecule has 1 aromatic heterocycles. The predicted molar refractivity (Wildman–Crippen MR) is 70.7 cm³/mol. The summed E-state index contributed by atoms with van der Waals surface area (Å²) in [7, 11) is 0. The van der Waals surface area contributed by atoms with E-state index in [4.69, 9.17) is 5.73 Å². The van der Waals surface area contributed by atoms with Gasteiger partial charge in [-0.3, -0.25) is 14.9 Å². The van der Waals surface area contributed by atoms with Crippen LogP contribution in [0.4, 0.5) is 11.6 Å². The van der Waals surface area contributed by atoms with Gasteiger partial charge in [-0.1, -0.05) is 30.3 Å². The molecule has 102 valence electrons. The average molecular weight is 273 g/mol. The van der Waals surface area contributed by atoms with Gasteiger partial charge >= 0.3 is 5.69 Å². The van der Waals surface area contributed by atoms with Gasteiger partial charge in [0.2, 0.25) is 11.9 Å². The lowest BCUT2D eigenvalue weighted by molar-refractivity contribution is -0.385. The number of rotatable bonds is 5. The number of hydrogen-bond donors (Lipinski definition) is 2. The second-order valence-electron chi connectivity index (χ2n) is 3.91. The van der Waals surface area contributed by atoms with Crippen molar-refractivity contribution in [3.63, 3.8) is 0 Å². The molecule has 0 saturated carbocycles. The molecule has 8 heteroatoms. The number of carbonyl (C=O) groups excluding carboxylic acids is 1. The number of nitrogens with one attached hydrogen (secondary N) is 1. The molecule has 0 fully saturated rings.